The third-order valence-electron chi connectivity index (χ3n) is 4.36. The van der Waals surface area contributed by atoms with Crippen LogP contribution in [-0.4, -0.2) is 41.6 Å². The third kappa shape index (κ3) is 3.87. The van der Waals surface area contributed by atoms with Crippen LogP contribution in [0.15, 0.2) is 0 Å². The molecular formula is C14H28N2S. The van der Waals surface area contributed by atoms with Gasteiger partial charge in [-0.2, -0.15) is 11.8 Å². The summed E-state index contributed by atoms with van der Waals surface area (Å²) in [6.45, 7) is 9.50. The van der Waals surface area contributed by atoms with Crippen molar-refractivity contribution in [2.24, 2.45) is 17.6 Å². The Labute approximate surface area is 111 Å². The van der Waals surface area contributed by atoms with E-state index in [4.69, 9.17) is 5.73 Å². The highest BCUT2D eigenvalue weighted by atomic mass is 32.2. The van der Waals surface area contributed by atoms with E-state index in [1.54, 1.807) is 0 Å². The topological polar surface area (TPSA) is 29.3 Å². The van der Waals surface area contributed by atoms with Crippen LogP contribution >= 0.6 is 11.8 Å². The molecule has 2 rings (SSSR count). The lowest BCUT2D eigenvalue weighted by Gasteiger charge is -2.39. The zero-order valence-electron chi connectivity index (χ0n) is 11.4. The quantitative estimate of drug-likeness (QED) is 0.841. The molecule has 2 fully saturated rings. The summed E-state index contributed by atoms with van der Waals surface area (Å²) >= 11 is 2.15. The molecule has 0 radical (unpaired) electrons. The predicted molar refractivity (Wildman–Crippen MR) is 77.5 cm³/mol. The number of nitrogens with two attached hydrogens (primary N) is 1. The maximum atomic E-state index is 5.93. The van der Waals surface area contributed by atoms with Crippen LogP contribution in [0, 0.1) is 11.8 Å². The molecule has 0 aromatic rings. The van der Waals surface area contributed by atoms with Gasteiger partial charge in [-0.1, -0.05) is 26.7 Å². The van der Waals surface area contributed by atoms with Gasteiger partial charge >= 0.3 is 0 Å². The number of rotatable bonds is 3. The van der Waals surface area contributed by atoms with Crippen LogP contribution in [0.2, 0.25) is 0 Å². The minimum absolute atomic E-state index is 0.795. The SMILES string of the molecule is CC1CN(CC2CCCCC2CN)CC(C)S1. The average Bonchev–Trinajstić information content (AvgIpc) is 2.28. The smallest absolute Gasteiger partial charge is 0.0149 e. The van der Waals surface area contributed by atoms with E-state index in [9.17, 15) is 0 Å². The van der Waals surface area contributed by atoms with Crippen molar-refractivity contribution >= 4 is 11.8 Å². The largest absolute Gasteiger partial charge is 0.330 e. The molecule has 1 saturated heterocycles. The Kier molecular flexibility index (Phi) is 5.19. The average molecular weight is 256 g/mol. The van der Waals surface area contributed by atoms with Crippen LogP contribution in [0.5, 0.6) is 0 Å². The second kappa shape index (κ2) is 6.44. The zero-order chi connectivity index (χ0) is 12.3. The highest BCUT2D eigenvalue weighted by molar-refractivity contribution is 8.00. The van der Waals surface area contributed by atoms with Gasteiger partial charge in [0.15, 0.2) is 0 Å². The van der Waals surface area contributed by atoms with Gasteiger partial charge in [0.2, 0.25) is 0 Å². The summed E-state index contributed by atoms with van der Waals surface area (Å²) in [5.74, 6) is 1.67. The fourth-order valence-corrected chi connectivity index (χ4v) is 4.99. The van der Waals surface area contributed by atoms with Gasteiger partial charge in [-0.15, -0.1) is 0 Å². The van der Waals surface area contributed by atoms with Crippen molar-refractivity contribution in [3.05, 3.63) is 0 Å². The van der Waals surface area contributed by atoms with E-state index in [1.807, 2.05) is 0 Å². The first-order valence-corrected chi connectivity index (χ1v) is 8.21. The monoisotopic (exact) mass is 256 g/mol. The summed E-state index contributed by atoms with van der Waals surface area (Å²) in [7, 11) is 0. The molecule has 17 heavy (non-hydrogen) atoms. The molecule has 2 nitrogen and oxygen atoms in total. The van der Waals surface area contributed by atoms with E-state index in [2.05, 4.69) is 30.5 Å². The number of thioether (sulfide) groups is 1. The molecule has 1 aliphatic carbocycles. The second-order valence-electron chi connectivity index (χ2n) is 6.02. The molecule has 2 N–H and O–H groups in total. The summed E-state index contributed by atoms with van der Waals surface area (Å²) in [4.78, 5) is 2.70. The number of nitrogens with zero attached hydrogens (tertiary/aromatic N) is 1. The molecule has 0 spiro atoms. The van der Waals surface area contributed by atoms with Gasteiger partial charge in [0.25, 0.3) is 0 Å². The van der Waals surface area contributed by atoms with Crippen LogP contribution in [0.3, 0.4) is 0 Å². The summed E-state index contributed by atoms with van der Waals surface area (Å²) in [6, 6.07) is 0. The Bertz CT molecular complexity index is 224. The molecule has 0 aromatic heterocycles. The maximum Gasteiger partial charge on any atom is 0.0149 e. The number of hydrogen-bond acceptors (Lipinski definition) is 3. The predicted octanol–water partition coefficient (Wildman–Crippen LogP) is 2.58. The van der Waals surface area contributed by atoms with Crippen molar-refractivity contribution in [2.45, 2.75) is 50.0 Å². The van der Waals surface area contributed by atoms with Crippen LogP contribution in [0.1, 0.15) is 39.5 Å². The van der Waals surface area contributed by atoms with Crippen molar-refractivity contribution in [1.82, 2.24) is 4.90 Å². The van der Waals surface area contributed by atoms with Gasteiger partial charge in [0.05, 0.1) is 0 Å². The van der Waals surface area contributed by atoms with Gasteiger partial charge in [0, 0.05) is 30.1 Å². The Morgan fingerprint density at radius 1 is 1.06 bits per heavy atom. The molecule has 3 heteroatoms. The van der Waals surface area contributed by atoms with Gasteiger partial charge in [-0.3, -0.25) is 0 Å². The van der Waals surface area contributed by atoms with E-state index < -0.39 is 0 Å². The van der Waals surface area contributed by atoms with Crippen molar-refractivity contribution in [3.63, 3.8) is 0 Å². The fraction of sp³-hybridized carbons (Fsp3) is 1.00. The van der Waals surface area contributed by atoms with E-state index in [0.29, 0.717) is 0 Å². The lowest BCUT2D eigenvalue weighted by atomic mass is 9.79. The van der Waals surface area contributed by atoms with Crippen molar-refractivity contribution in [1.29, 1.82) is 0 Å². The van der Waals surface area contributed by atoms with Crippen LogP contribution < -0.4 is 5.73 Å². The van der Waals surface area contributed by atoms with Crippen LogP contribution in [0.25, 0.3) is 0 Å². The highest BCUT2D eigenvalue weighted by Crippen LogP contribution is 2.32. The lowest BCUT2D eigenvalue weighted by Crippen LogP contribution is -2.45. The van der Waals surface area contributed by atoms with Gasteiger partial charge in [-0.05, 0) is 31.2 Å². The first-order chi connectivity index (χ1) is 8.19. The van der Waals surface area contributed by atoms with Crippen molar-refractivity contribution in [3.8, 4) is 0 Å². The van der Waals surface area contributed by atoms with Gasteiger partial charge in [0.1, 0.15) is 0 Å². The zero-order valence-corrected chi connectivity index (χ0v) is 12.2. The standard InChI is InChI=1S/C14H28N2S/c1-11-8-16(9-12(2)17-11)10-14-6-4-3-5-13(14)7-15/h11-14H,3-10,15H2,1-2H3. The molecule has 0 amide bonds. The molecule has 4 unspecified atom stereocenters. The molecular weight excluding hydrogens is 228 g/mol. The molecule has 4 atom stereocenters. The lowest BCUT2D eigenvalue weighted by molar-refractivity contribution is 0.153. The summed E-state index contributed by atoms with van der Waals surface area (Å²) in [5, 5.41) is 1.61. The summed E-state index contributed by atoms with van der Waals surface area (Å²) in [5.41, 5.74) is 5.93. The second-order valence-corrected chi connectivity index (χ2v) is 7.90. The number of hydrogen-bond donors (Lipinski definition) is 1. The van der Waals surface area contributed by atoms with Crippen molar-refractivity contribution < 1.29 is 0 Å². The van der Waals surface area contributed by atoms with Crippen LogP contribution in [-0.2, 0) is 0 Å². The molecule has 0 aromatic carbocycles. The minimum atomic E-state index is 0.795. The molecule has 1 saturated carbocycles. The molecule has 2 aliphatic rings. The first-order valence-electron chi connectivity index (χ1n) is 7.27. The molecule has 1 heterocycles. The normalized spacial score (nSPS) is 40.4. The fourth-order valence-electron chi connectivity index (χ4n) is 3.60. The van der Waals surface area contributed by atoms with E-state index in [-0.39, 0.29) is 0 Å². The molecule has 1 aliphatic heterocycles. The Hall–Kier alpha value is 0.270. The maximum absolute atomic E-state index is 5.93. The van der Waals surface area contributed by atoms with E-state index in [0.717, 1.165) is 28.9 Å². The van der Waals surface area contributed by atoms with E-state index >= 15 is 0 Å². The summed E-state index contributed by atoms with van der Waals surface area (Å²) in [6.07, 6.45) is 5.61. The third-order valence-corrected chi connectivity index (χ3v) is 5.58. The Morgan fingerprint density at radius 2 is 1.65 bits per heavy atom. The van der Waals surface area contributed by atoms with Crippen molar-refractivity contribution in [2.75, 3.05) is 26.2 Å². The summed E-state index contributed by atoms with van der Waals surface area (Å²) < 4.78 is 0. The molecule has 100 valence electrons. The van der Waals surface area contributed by atoms with Crippen LogP contribution in [0.4, 0.5) is 0 Å². The highest BCUT2D eigenvalue weighted by Gasteiger charge is 2.29. The van der Waals surface area contributed by atoms with E-state index in [1.165, 1.54) is 45.3 Å². The Morgan fingerprint density at radius 3 is 2.24 bits per heavy atom. The minimum Gasteiger partial charge on any atom is -0.330 e. The molecule has 0 bridgehead atoms. The Balaban J connectivity index is 1.85. The first kappa shape index (κ1) is 13.7. The van der Waals surface area contributed by atoms with Gasteiger partial charge < -0.3 is 10.6 Å². The van der Waals surface area contributed by atoms with Gasteiger partial charge in [-0.25, -0.2) is 0 Å².